The van der Waals surface area contributed by atoms with Gasteiger partial charge in [0.1, 0.15) is 0 Å². The minimum Gasteiger partial charge on any atom is -0.237 e. The average Bonchev–Trinajstić information content (AvgIpc) is 3.54. The summed E-state index contributed by atoms with van der Waals surface area (Å²) in [6.45, 7) is 0.935. The molecule has 0 amide bonds. The second-order valence-electron chi connectivity index (χ2n) is 6.75. The third-order valence-corrected chi connectivity index (χ3v) is 5.09. The van der Waals surface area contributed by atoms with Crippen LogP contribution in [0.3, 0.4) is 0 Å². The second kappa shape index (κ2) is 6.41. The number of nitrogens with one attached hydrogen (secondary N) is 1. The minimum absolute atomic E-state index is 0.262. The Bertz CT molecular complexity index is 1030. The summed E-state index contributed by atoms with van der Waals surface area (Å²) >= 11 is 0. The van der Waals surface area contributed by atoms with Gasteiger partial charge in [-0.2, -0.15) is 0 Å². The van der Waals surface area contributed by atoms with Crippen molar-refractivity contribution in [2.75, 3.05) is 6.67 Å². The van der Waals surface area contributed by atoms with Crippen LogP contribution in [0.1, 0.15) is 17.2 Å². The molecular formula is C24H20N2. The lowest BCUT2D eigenvalue weighted by atomic mass is 9.94. The largest absolute Gasteiger partial charge is 0.237 e. The van der Waals surface area contributed by atoms with E-state index >= 15 is 0 Å². The van der Waals surface area contributed by atoms with Crippen LogP contribution in [0, 0.1) is 0 Å². The van der Waals surface area contributed by atoms with Gasteiger partial charge in [-0.1, -0.05) is 97.1 Å². The van der Waals surface area contributed by atoms with Crippen LogP contribution in [0.25, 0.3) is 21.9 Å². The number of hydrazine groups is 1. The predicted molar refractivity (Wildman–Crippen MR) is 108 cm³/mol. The van der Waals surface area contributed by atoms with Crippen molar-refractivity contribution in [2.45, 2.75) is 6.04 Å². The molecule has 1 aliphatic heterocycles. The smallest absolute Gasteiger partial charge is 0.0765 e. The van der Waals surface area contributed by atoms with Crippen LogP contribution < -0.4 is 5.43 Å². The molecule has 0 aromatic heterocycles. The second-order valence-corrected chi connectivity index (χ2v) is 6.75. The van der Waals surface area contributed by atoms with Crippen LogP contribution in [0.5, 0.6) is 0 Å². The van der Waals surface area contributed by atoms with Crippen molar-refractivity contribution < 1.29 is 0 Å². The zero-order valence-electron chi connectivity index (χ0n) is 14.5. The predicted octanol–water partition coefficient (Wildman–Crippen LogP) is 5.37. The zero-order valence-corrected chi connectivity index (χ0v) is 14.5. The molecule has 0 radical (unpaired) electrons. The van der Waals surface area contributed by atoms with Gasteiger partial charge < -0.3 is 0 Å². The van der Waals surface area contributed by atoms with Crippen LogP contribution in [-0.2, 0) is 0 Å². The summed E-state index contributed by atoms with van der Waals surface area (Å²) in [4.78, 5) is 0. The highest BCUT2D eigenvalue weighted by molar-refractivity contribution is 5.96. The van der Waals surface area contributed by atoms with E-state index in [1.165, 1.54) is 33.0 Å². The maximum absolute atomic E-state index is 3.34. The molecule has 0 spiro atoms. The molecule has 126 valence electrons. The normalized spacial score (nSPS) is 17.2. The van der Waals surface area contributed by atoms with E-state index in [4.69, 9.17) is 0 Å². The fourth-order valence-corrected chi connectivity index (χ4v) is 3.73. The van der Waals surface area contributed by atoms with Crippen molar-refractivity contribution in [2.24, 2.45) is 0 Å². The van der Waals surface area contributed by atoms with Gasteiger partial charge in [0.05, 0.1) is 12.7 Å². The third kappa shape index (κ3) is 2.80. The minimum atomic E-state index is 0.262. The lowest BCUT2D eigenvalue weighted by Crippen LogP contribution is -2.13. The van der Waals surface area contributed by atoms with Gasteiger partial charge in [-0.15, -0.1) is 0 Å². The standard InChI is InChI=1S/C24H20N2/c1-2-8-20(9-3-1)24(26-17-25-26)21-15-13-19(14-16-21)23-12-6-10-18-7-4-5-11-22(18)23/h1-16,24-25H,17H2/t24?,26-/m0/s1. The summed E-state index contributed by atoms with van der Waals surface area (Å²) in [7, 11) is 0. The topological polar surface area (TPSA) is 25.0 Å². The number of hydrogen-bond acceptors (Lipinski definition) is 2. The first kappa shape index (κ1) is 15.3. The Kier molecular flexibility index (Phi) is 3.78. The van der Waals surface area contributed by atoms with E-state index in [-0.39, 0.29) is 6.04 Å². The molecule has 1 heterocycles. The van der Waals surface area contributed by atoms with Crippen molar-refractivity contribution >= 4 is 10.8 Å². The molecule has 1 aliphatic rings. The Morgan fingerprint density at radius 1 is 0.654 bits per heavy atom. The van der Waals surface area contributed by atoms with E-state index in [1.807, 2.05) is 0 Å². The fraction of sp³-hybridized carbons (Fsp3) is 0.0833. The van der Waals surface area contributed by atoms with Gasteiger partial charge in [-0.25, -0.2) is 10.4 Å². The SMILES string of the molecule is c1ccc(C(c2ccc(-c3cccc4ccccc34)cc2)[N@]2CN2)cc1. The van der Waals surface area contributed by atoms with Crippen molar-refractivity contribution in [3.63, 3.8) is 0 Å². The Morgan fingerprint density at radius 2 is 1.31 bits per heavy atom. The number of fused-ring (bicyclic) bond motifs is 1. The molecule has 26 heavy (non-hydrogen) atoms. The lowest BCUT2D eigenvalue weighted by Gasteiger charge is -2.18. The van der Waals surface area contributed by atoms with Crippen molar-refractivity contribution in [3.8, 4) is 11.1 Å². The van der Waals surface area contributed by atoms with Crippen LogP contribution in [0.2, 0.25) is 0 Å². The highest BCUT2D eigenvalue weighted by Gasteiger charge is 2.29. The van der Waals surface area contributed by atoms with Crippen molar-refractivity contribution in [1.82, 2.24) is 10.4 Å². The number of benzene rings is 4. The first-order chi connectivity index (χ1) is 12.9. The quantitative estimate of drug-likeness (QED) is 0.507. The summed E-state index contributed by atoms with van der Waals surface area (Å²) < 4.78 is 0. The Labute approximate surface area is 153 Å². The van der Waals surface area contributed by atoms with Gasteiger partial charge >= 0.3 is 0 Å². The van der Waals surface area contributed by atoms with E-state index in [0.29, 0.717) is 0 Å². The van der Waals surface area contributed by atoms with Gasteiger partial charge in [0, 0.05) is 0 Å². The Morgan fingerprint density at radius 3 is 2.08 bits per heavy atom. The molecular weight excluding hydrogens is 316 g/mol. The first-order valence-electron chi connectivity index (χ1n) is 9.03. The maximum atomic E-state index is 3.34. The van der Waals surface area contributed by atoms with E-state index in [0.717, 1.165) is 6.67 Å². The summed E-state index contributed by atoms with van der Waals surface area (Å²) in [6.07, 6.45) is 0. The van der Waals surface area contributed by atoms with E-state index < -0.39 is 0 Å². The monoisotopic (exact) mass is 336 g/mol. The van der Waals surface area contributed by atoms with Gasteiger partial charge in [0.25, 0.3) is 0 Å². The molecule has 0 bridgehead atoms. The Balaban J connectivity index is 1.54. The molecule has 1 N–H and O–H groups in total. The molecule has 1 fully saturated rings. The number of hydrogen-bond donors (Lipinski definition) is 1. The summed E-state index contributed by atoms with van der Waals surface area (Å²) in [5.41, 5.74) is 8.51. The third-order valence-electron chi connectivity index (χ3n) is 5.09. The van der Waals surface area contributed by atoms with Crippen LogP contribution in [-0.4, -0.2) is 11.7 Å². The summed E-state index contributed by atoms with van der Waals surface area (Å²) in [5, 5.41) is 4.85. The van der Waals surface area contributed by atoms with E-state index in [1.54, 1.807) is 0 Å². The lowest BCUT2D eigenvalue weighted by molar-refractivity contribution is 0.433. The maximum Gasteiger partial charge on any atom is 0.0765 e. The number of rotatable bonds is 4. The van der Waals surface area contributed by atoms with Crippen molar-refractivity contribution in [1.29, 1.82) is 0 Å². The molecule has 5 rings (SSSR count). The fourth-order valence-electron chi connectivity index (χ4n) is 3.73. The molecule has 1 saturated heterocycles. The molecule has 2 nitrogen and oxygen atoms in total. The molecule has 4 aromatic carbocycles. The number of nitrogens with zero attached hydrogens (tertiary/aromatic N) is 1. The van der Waals surface area contributed by atoms with Crippen LogP contribution in [0.4, 0.5) is 0 Å². The van der Waals surface area contributed by atoms with E-state index in [9.17, 15) is 0 Å². The first-order valence-corrected chi connectivity index (χ1v) is 9.03. The van der Waals surface area contributed by atoms with Gasteiger partial charge in [-0.05, 0) is 33.0 Å². The van der Waals surface area contributed by atoms with Crippen molar-refractivity contribution in [3.05, 3.63) is 108 Å². The van der Waals surface area contributed by atoms with Crippen LogP contribution >= 0.6 is 0 Å². The highest BCUT2D eigenvalue weighted by Crippen LogP contribution is 2.33. The molecule has 2 heteroatoms. The van der Waals surface area contributed by atoms with Gasteiger partial charge in [-0.3, -0.25) is 0 Å². The van der Waals surface area contributed by atoms with E-state index in [2.05, 4.69) is 107 Å². The molecule has 4 aromatic rings. The highest BCUT2D eigenvalue weighted by atomic mass is 15.7. The average molecular weight is 336 g/mol. The van der Waals surface area contributed by atoms with Crippen LogP contribution in [0.15, 0.2) is 97.1 Å². The van der Waals surface area contributed by atoms with Gasteiger partial charge in [0.2, 0.25) is 0 Å². The molecule has 0 aliphatic carbocycles. The molecule has 1 unspecified atom stereocenters. The summed E-state index contributed by atoms with van der Waals surface area (Å²) in [6, 6.07) is 35.0. The summed E-state index contributed by atoms with van der Waals surface area (Å²) in [5.74, 6) is 0. The van der Waals surface area contributed by atoms with Gasteiger partial charge in [0.15, 0.2) is 0 Å². The molecule has 0 saturated carbocycles. The Hall–Kier alpha value is -2.94. The molecule has 2 atom stereocenters. The zero-order chi connectivity index (χ0) is 17.3.